The van der Waals surface area contributed by atoms with Crippen molar-refractivity contribution in [3.05, 3.63) is 59.7 Å². The molecule has 1 heterocycles. The van der Waals surface area contributed by atoms with Gasteiger partial charge in [0, 0.05) is 24.4 Å². The Morgan fingerprint density at radius 3 is 2.61 bits per heavy atom. The van der Waals surface area contributed by atoms with Crippen LogP contribution in [0, 0.1) is 6.92 Å². The maximum absolute atomic E-state index is 4.47. The Morgan fingerprint density at radius 2 is 1.94 bits per heavy atom. The molecule has 1 unspecified atom stereocenters. The van der Waals surface area contributed by atoms with Gasteiger partial charge >= 0.3 is 0 Å². The van der Waals surface area contributed by atoms with Crippen molar-refractivity contribution in [1.82, 2.24) is 15.3 Å². The third-order valence-electron chi connectivity index (χ3n) is 2.88. The number of aromatic nitrogens is 2. The van der Waals surface area contributed by atoms with Crippen LogP contribution in [0.25, 0.3) is 0 Å². The summed E-state index contributed by atoms with van der Waals surface area (Å²) in [5, 5.41) is 3.49. The van der Waals surface area contributed by atoms with E-state index in [4.69, 9.17) is 0 Å². The van der Waals surface area contributed by atoms with Crippen LogP contribution in [0.5, 0.6) is 0 Å². The first-order chi connectivity index (χ1) is 8.79. The second kappa shape index (κ2) is 6.26. The van der Waals surface area contributed by atoms with Gasteiger partial charge in [-0.1, -0.05) is 37.3 Å². The molecule has 0 radical (unpaired) electrons. The van der Waals surface area contributed by atoms with Crippen LogP contribution in [-0.4, -0.2) is 16.5 Å². The number of likely N-dealkylation sites (N-methyl/N-ethyl adjacent to an activating group) is 1. The van der Waals surface area contributed by atoms with E-state index in [0.717, 1.165) is 24.5 Å². The van der Waals surface area contributed by atoms with Crippen LogP contribution in [-0.2, 0) is 6.42 Å². The molecule has 3 nitrogen and oxygen atoms in total. The topological polar surface area (TPSA) is 37.8 Å². The summed E-state index contributed by atoms with van der Waals surface area (Å²) in [7, 11) is 0. The molecule has 94 valence electrons. The Balaban J connectivity index is 2.16. The van der Waals surface area contributed by atoms with E-state index in [-0.39, 0.29) is 6.04 Å². The van der Waals surface area contributed by atoms with Crippen molar-refractivity contribution in [2.24, 2.45) is 0 Å². The molecule has 0 aliphatic heterocycles. The van der Waals surface area contributed by atoms with Crippen molar-refractivity contribution >= 4 is 0 Å². The number of nitrogens with one attached hydrogen (secondary N) is 1. The summed E-state index contributed by atoms with van der Waals surface area (Å²) in [4.78, 5) is 8.81. The van der Waals surface area contributed by atoms with Crippen molar-refractivity contribution in [3.8, 4) is 0 Å². The summed E-state index contributed by atoms with van der Waals surface area (Å²) in [6.07, 6.45) is 2.64. The summed E-state index contributed by atoms with van der Waals surface area (Å²) >= 11 is 0. The minimum absolute atomic E-state index is 0.276. The molecule has 3 heteroatoms. The average molecular weight is 241 g/mol. The van der Waals surface area contributed by atoms with Gasteiger partial charge in [-0.25, -0.2) is 9.97 Å². The van der Waals surface area contributed by atoms with Crippen LogP contribution >= 0.6 is 0 Å². The Hall–Kier alpha value is -1.74. The molecule has 0 saturated carbocycles. The van der Waals surface area contributed by atoms with E-state index < -0.39 is 0 Å². The minimum atomic E-state index is 0.276. The second-order valence-electron chi connectivity index (χ2n) is 4.34. The molecular weight excluding hydrogens is 222 g/mol. The molecule has 0 saturated heterocycles. The molecule has 1 aromatic carbocycles. The fourth-order valence-electron chi connectivity index (χ4n) is 2.02. The lowest BCUT2D eigenvalue weighted by Crippen LogP contribution is -2.23. The van der Waals surface area contributed by atoms with Crippen molar-refractivity contribution in [2.75, 3.05) is 6.54 Å². The first kappa shape index (κ1) is 12.7. The number of hydrogen-bond acceptors (Lipinski definition) is 3. The number of nitrogens with zero attached hydrogens (tertiary/aromatic N) is 2. The number of rotatable bonds is 5. The molecule has 2 aromatic rings. The summed E-state index contributed by atoms with van der Waals surface area (Å²) in [6.45, 7) is 5.05. The average Bonchev–Trinajstić information content (AvgIpc) is 2.39. The molecule has 1 atom stereocenters. The van der Waals surface area contributed by atoms with Gasteiger partial charge in [0.25, 0.3) is 0 Å². The van der Waals surface area contributed by atoms with Gasteiger partial charge in [0.2, 0.25) is 0 Å². The van der Waals surface area contributed by atoms with E-state index in [0.29, 0.717) is 0 Å². The summed E-state index contributed by atoms with van der Waals surface area (Å²) in [5.41, 5.74) is 2.30. The third kappa shape index (κ3) is 3.37. The molecule has 0 aliphatic carbocycles. The lowest BCUT2D eigenvalue weighted by molar-refractivity contribution is 0.536. The Labute approximate surface area is 108 Å². The van der Waals surface area contributed by atoms with Gasteiger partial charge in [-0.3, -0.25) is 0 Å². The summed E-state index contributed by atoms with van der Waals surface area (Å²) in [5.74, 6) is 0.893. The Bertz CT molecular complexity index is 482. The fourth-order valence-corrected chi connectivity index (χ4v) is 2.02. The van der Waals surface area contributed by atoms with E-state index in [2.05, 4.69) is 46.5 Å². The van der Waals surface area contributed by atoms with Crippen molar-refractivity contribution in [3.63, 3.8) is 0 Å². The van der Waals surface area contributed by atoms with Gasteiger partial charge in [-0.15, -0.1) is 0 Å². The summed E-state index contributed by atoms with van der Waals surface area (Å²) < 4.78 is 0. The van der Waals surface area contributed by atoms with Gasteiger partial charge in [-0.2, -0.15) is 0 Å². The largest absolute Gasteiger partial charge is 0.310 e. The van der Waals surface area contributed by atoms with E-state index >= 15 is 0 Å². The van der Waals surface area contributed by atoms with Gasteiger partial charge in [0.05, 0.1) is 0 Å². The molecule has 2 rings (SSSR count). The van der Waals surface area contributed by atoms with E-state index in [1.807, 2.05) is 25.3 Å². The second-order valence-corrected chi connectivity index (χ2v) is 4.34. The van der Waals surface area contributed by atoms with Gasteiger partial charge in [-0.05, 0) is 25.1 Å². The molecule has 0 amide bonds. The predicted molar refractivity (Wildman–Crippen MR) is 73.3 cm³/mol. The zero-order valence-corrected chi connectivity index (χ0v) is 10.9. The van der Waals surface area contributed by atoms with Gasteiger partial charge < -0.3 is 5.32 Å². The van der Waals surface area contributed by atoms with E-state index in [1.54, 1.807) is 0 Å². The lowest BCUT2D eigenvalue weighted by Gasteiger charge is -2.17. The van der Waals surface area contributed by atoms with Crippen LogP contribution in [0.1, 0.15) is 30.0 Å². The highest BCUT2D eigenvalue weighted by molar-refractivity contribution is 5.20. The monoisotopic (exact) mass is 241 g/mol. The smallest absolute Gasteiger partial charge is 0.130 e. The van der Waals surface area contributed by atoms with E-state index in [9.17, 15) is 0 Å². The standard InChI is InChI=1S/C15H19N3/c1-3-16-14(13-7-5-4-6-8-13)11-15-17-10-9-12(2)18-15/h4-10,14,16H,3,11H2,1-2H3. The number of aryl methyl sites for hydroxylation is 1. The maximum Gasteiger partial charge on any atom is 0.130 e. The highest BCUT2D eigenvalue weighted by atomic mass is 14.9. The molecule has 0 bridgehead atoms. The lowest BCUT2D eigenvalue weighted by atomic mass is 10.0. The highest BCUT2D eigenvalue weighted by Crippen LogP contribution is 2.16. The SMILES string of the molecule is CCNC(Cc1nccc(C)n1)c1ccccc1. The van der Waals surface area contributed by atoms with Crippen molar-refractivity contribution in [1.29, 1.82) is 0 Å². The number of benzene rings is 1. The van der Waals surface area contributed by atoms with Crippen LogP contribution in [0.15, 0.2) is 42.6 Å². The fraction of sp³-hybridized carbons (Fsp3) is 0.333. The Morgan fingerprint density at radius 1 is 1.17 bits per heavy atom. The van der Waals surface area contributed by atoms with Gasteiger partial charge in [0.15, 0.2) is 0 Å². The molecule has 1 N–H and O–H groups in total. The Kier molecular flexibility index (Phi) is 4.42. The molecule has 1 aromatic heterocycles. The highest BCUT2D eigenvalue weighted by Gasteiger charge is 2.12. The predicted octanol–water partition coefficient (Wildman–Crippen LogP) is 2.68. The molecule has 0 spiro atoms. The molecule has 0 fully saturated rings. The molecular formula is C15H19N3. The van der Waals surface area contributed by atoms with Crippen molar-refractivity contribution in [2.45, 2.75) is 26.3 Å². The first-order valence-corrected chi connectivity index (χ1v) is 6.36. The van der Waals surface area contributed by atoms with Crippen LogP contribution in [0.3, 0.4) is 0 Å². The van der Waals surface area contributed by atoms with Gasteiger partial charge in [0.1, 0.15) is 5.82 Å². The normalized spacial score (nSPS) is 12.3. The zero-order valence-electron chi connectivity index (χ0n) is 10.9. The minimum Gasteiger partial charge on any atom is -0.310 e. The van der Waals surface area contributed by atoms with Crippen LogP contribution < -0.4 is 5.32 Å². The molecule has 0 aliphatic rings. The summed E-state index contributed by atoms with van der Waals surface area (Å²) in [6, 6.07) is 12.7. The quantitative estimate of drug-likeness (QED) is 0.874. The van der Waals surface area contributed by atoms with Crippen molar-refractivity contribution < 1.29 is 0 Å². The number of hydrogen-bond donors (Lipinski definition) is 1. The first-order valence-electron chi connectivity index (χ1n) is 6.36. The maximum atomic E-state index is 4.47. The zero-order chi connectivity index (χ0) is 12.8. The van der Waals surface area contributed by atoms with Crippen LogP contribution in [0.2, 0.25) is 0 Å². The van der Waals surface area contributed by atoms with Crippen LogP contribution in [0.4, 0.5) is 0 Å². The third-order valence-corrected chi connectivity index (χ3v) is 2.88. The van der Waals surface area contributed by atoms with E-state index in [1.165, 1.54) is 5.56 Å². The molecule has 18 heavy (non-hydrogen) atoms.